The van der Waals surface area contributed by atoms with Crippen LogP contribution in [0, 0.1) is 0 Å². The van der Waals surface area contributed by atoms with Crippen LogP contribution in [0.5, 0.6) is 0 Å². The Labute approximate surface area is 140 Å². The number of aryl methyl sites for hydroxylation is 1. The highest BCUT2D eigenvalue weighted by atomic mass is 32.2. The van der Waals surface area contributed by atoms with Gasteiger partial charge in [-0.05, 0) is 60.9 Å². The minimum atomic E-state index is -3.75. The summed E-state index contributed by atoms with van der Waals surface area (Å²) in [7, 11) is -1.73. The van der Waals surface area contributed by atoms with E-state index in [2.05, 4.69) is 9.62 Å². The van der Waals surface area contributed by atoms with Crippen molar-refractivity contribution in [2.24, 2.45) is 0 Å². The maximum absolute atomic E-state index is 12.4. The molecule has 1 aliphatic rings. The molecule has 24 heavy (non-hydrogen) atoms. The van der Waals surface area contributed by atoms with Crippen molar-refractivity contribution in [3.63, 3.8) is 0 Å². The SMILES string of the molecule is CN1CCCc2cc(NS(=O)(=O)c3ccc(C(=O)O)cc3)ccc21. The van der Waals surface area contributed by atoms with E-state index in [1.807, 2.05) is 19.2 Å². The van der Waals surface area contributed by atoms with Crippen LogP contribution in [0.1, 0.15) is 22.3 Å². The third-order valence-corrected chi connectivity index (χ3v) is 5.49. The Morgan fingerprint density at radius 2 is 1.88 bits per heavy atom. The van der Waals surface area contributed by atoms with Crippen molar-refractivity contribution in [2.75, 3.05) is 23.2 Å². The first-order chi connectivity index (χ1) is 11.4. The van der Waals surface area contributed by atoms with Crippen molar-refractivity contribution in [3.05, 3.63) is 53.6 Å². The Kier molecular flexibility index (Phi) is 4.19. The normalized spacial score (nSPS) is 14.1. The molecule has 2 aromatic carbocycles. The summed E-state index contributed by atoms with van der Waals surface area (Å²) in [6.45, 7) is 0.994. The summed E-state index contributed by atoms with van der Waals surface area (Å²) in [6, 6.07) is 10.6. The predicted molar refractivity (Wildman–Crippen MR) is 92.2 cm³/mol. The van der Waals surface area contributed by atoms with Crippen LogP contribution < -0.4 is 9.62 Å². The van der Waals surface area contributed by atoms with E-state index in [1.165, 1.54) is 24.3 Å². The van der Waals surface area contributed by atoms with Crippen molar-refractivity contribution in [1.82, 2.24) is 0 Å². The highest BCUT2D eigenvalue weighted by molar-refractivity contribution is 7.92. The van der Waals surface area contributed by atoms with Gasteiger partial charge in [-0.1, -0.05) is 0 Å². The van der Waals surface area contributed by atoms with Gasteiger partial charge in [0, 0.05) is 25.0 Å². The molecule has 0 aliphatic carbocycles. The molecule has 126 valence electrons. The van der Waals surface area contributed by atoms with Gasteiger partial charge >= 0.3 is 5.97 Å². The average molecular weight is 346 g/mol. The van der Waals surface area contributed by atoms with Crippen LogP contribution in [0.3, 0.4) is 0 Å². The van der Waals surface area contributed by atoms with E-state index in [1.54, 1.807) is 6.07 Å². The zero-order valence-electron chi connectivity index (χ0n) is 13.2. The molecule has 1 heterocycles. The molecule has 0 unspecified atom stereocenters. The van der Waals surface area contributed by atoms with Gasteiger partial charge in [0.05, 0.1) is 10.5 Å². The third kappa shape index (κ3) is 3.21. The van der Waals surface area contributed by atoms with Crippen LogP contribution in [0.15, 0.2) is 47.4 Å². The molecule has 2 aromatic rings. The van der Waals surface area contributed by atoms with Gasteiger partial charge in [0.1, 0.15) is 0 Å². The standard InChI is InChI=1S/C17H18N2O4S/c1-19-10-2-3-13-11-14(6-9-16(13)19)18-24(22,23)15-7-4-12(5-8-15)17(20)21/h4-9,11,18H,2-3,10H2,1H3,(H,20,21). The second-order valence-electron chi connectivity index (χ2n) is 5.80. The van der Waals surface area contributed by atoms with Crippen molar-refractivity contribution in [2.45, 2.75) is 17.7 Å². The molecule has 6 nitrogen and oxygen atoms in total. The molecule has 2 N–H and O–H groups in total. The van der Waals surface area contributed by atoms with Crippen molar-refractivity contribution in [1.29, 1.82) is 0 Å². The minimum absolute atomic E-state index is 0.0299. The second kappa shape index (κ2) is 6.16. The number of nitrogens with zero attached hydrogens (tertiary/aromatic N) is 1. The van der Waals surface area contributed by atoms with Crippen LogP contribution in [-0.2, 0) is 16.4 Å². The first kappa shape index (κ1) is 16.3. The number of hydrogen-bond acceptors (Lipinski definition) is 4. The lowest BCUT2D eigenvalue weighted by atomic mass is 10.0. The summed E-state index contributed by atoms with van der Waals surface area (Å²) in [5.74, 6) is -1.09. The van der Waals surface area contributed by atoms with Gasteiger partial charge in [0.2, 0.25) is 0 Å². The van der Waals surface area contributed by atoms with Crippen molar-refractivity contribution < 1.29 is 18.3 Å². The Hall–Kier alpha value is -2.54. The van der Waals surface area contributed by atoms with Crippen LogP contribution in [0.2, 0.25) is 0 Å². The number of nitrogens with one attached hydrogen (secondary N) is 1. The van der Waals surface area contributed by atoms with E-state index < -0.39 is 16.0 Å². The topological polar surface area (TPSA) is 86.7 Å². The number of benzene rings is 2. The fourth-order valence-electron chi connectivity index (χ4n) is 2.84. The van der Waals surface area contributed by atoms with E-state index in [9.17, 15) is 13.2 Å². The van der Waals surface area contributed by atoms with Crippen LogP contribution in [0.25, 0.3) is 0 Å². The Morgan fingerprint density at radius 1 is 1.17 bits per heavy atom. The van der Waals surface area contributed by atoms with Crippen LogP contribution in [0.4, 0.5) is 11.4 Å². The number of sulfonamides is 1. The van der Waals surface area contributed by atoms with E-state index >= 15 is 0 Å². The summed E-state index contributed by atoms with van der Waals surface area (Å²) in [5, 5.41) is 8.88. The van der Waals surface area contributed by atoms with Gasteiger partial charge in [0.25, 0.3) is 10.0 Å². The van der Waals surface area contributed by atoms with Gasteiger partial charge in [-0.25, -0.2) is 13.2 Å². The average Bonchev–Trinajstić information content (AvgIpc) is 2.54. The first-order valence-corrected chi connectivity index (χ1v) is 9.05. The molecular weight excluding hydrogens is 328 g/mol. The zero-order chi connectivity index (χ0) is 17.3. The number of rotatable bonds is 4. The summed E-state index contributed by atoms with van der Waals surface area (Å²) in [5.41, 5.74) is 2.79. The summed E-state index contributed by atoms with van der Waals surface area (Å²) < 4.78 is 27.4. The lowest BCUT2D eigenvalue weighted by Crippen LogP contribution is -2.24. The Morgan fingerprint density at radius 3 is 2.54 bits per heavy atom. The fraction of sp³-hybridized carbons (Fsp3) is 0.235. The molecule has 7 heteroatoms. The summed E-state index contributed by atoms with van der Waals surface area (Å²) >= 11 is 0. The first-order valence-electron chi connectivity index (χ1n) is 7.57. The quantitative estimate of drug-likeness (QED) is 0.888. The highest BCUT2D eigenvalue weighted by Crippen LogP contribution is 2.29. The molecule has 1 aliphatic heterocycles. The van der Waals surface area contributed by atoms with E-state index in [0.29, 0.717) is 5.69 Å². The van der Waals surface area contributed by atoms with E-state index in [-0.39, 0.29) is 10.5 Å². The molecule has 0 amide bonds. The number of aromatic carboxylic acids is 1. The molecule has 0 aromatic heterocycles. The van der Waals surface area contributed by atoms with Gasteiger partial charge in [-0.2, -0.15) is 0 Å². The van der Waals surface area contributed by atoms with E-state index in [0.717, 1.165) is 30.6 Å². The third-order valence-electron chi connectivity index (χ3n) is 4.09. The second-order valence-corrected chi connectivity index (χ2v) is 7.49. The Balaban J connectivity index is 1.85. The molecule has 0 spiro atoms. The van der Waals surface area contributed by atoms with E-state index in [4.69, 9.17) is 5.11 Å². The number of carboxylic acids is 1. The number of carboxylic acid groups (broad SMARTS) is 1. The molecule has 0 atom stereocenters. The molecule has 0 fully saturated rings. The number of fused-ring (bicyclic) bond motifs is 1. The summed E-state index contributed by atoms with van der Waals surface area (Å²) in [6.07, 6.45) is 1.96. The number of hydrogen-bond donors (Lipinski definition) is 2. The maximum atomic E-state index is 12.4. The monoisotopic (exact) mass is 346 g/mol. The van der Waals surface area contributed by atoms with Crippen molar-refractivity contribution in [3.8, 4) is 0 Å². The predicted octanol–water partition coefficient (Wildman–Crippen LogP) is 2.57. The van der Waals surface area contributed by atoms with Crippen LogP contribution in [-0.4, -0.2) is 33.1 Å². The van der Waals surface area contributed by atoms with Gasteiger partial charge in [-0.3, -0.25) is 4.72 Å². The number of anilines is 2. The minimum Gasteiger partial charge on any atom is -0.478 e. The van der Waals surface area contributed by atoms with Crippen LogP contribution >= 0.6 is 0 Å². The zero-order valence-corrected chi connectivity index (χ0v) is 14.0. The smallest absolute Gasteiger partial charge is 0.335 e. The van der Waals surface area contributed by atoms with Gasteiger partial charge < -0.3 is 10.0 Å². The van der Waals surface area contributed by atoms with Gasteiger partial charge in [-0.15, -0.1) is 0 Å². The molecule has 3 rings (SSSR count). The lowest BCUT2D eigenvalue weighted by molar-refractivity contribution is 0.0696. The highest BCUT2D eigenvalue weighted by Gasteiger charge is 2.18. The van der Waals surface area contributed by atoms with Gasteiger partial charge in [0.15, 0.2) is 0 Å². The molecular formula is C17H18N2O4S. The molecule has 0 radical (unpaired) electrons. The number of carbonyl (C=O) groups is 1. The summed E-state index contributed by atoms with van der Waals surface area (Å²) in [4.78, 5) is 13.0. The Bertz CT molecular complexity index is 876. The lowest BCUT2D eigenvalue weighted by Gasteiger charge is -2.27. The maximum Gasteiger partial charge on any atom is 0.335 e. The fourth-order valence-corrected chi connectivity index (χ4v) is 3.89. The largest absolute Gasteiger partial charge is 0.478 e. The molecule has 0 saturated carbocycles. The molecule has 0 bridgehead atoms. The van der Waals surface area contributed by atoms with Crippen molar-refractivity contribution >= 4 is 27.4 Å². The molecule has 0 saturated heterocycles.